The summed E-state index contributed by atoms with van der Waals surface area (Å²) in [7, 11) is -3.57. The lowest BCUT2D eigenvalue weighted by molar-refractivity contribution is -0.115. The molecule has 0 aliphatic carbocycles. The fourth-order valence-electron chi connectivity index (χ4n) is 3.33. The molecule has 0 fully saturated rings. The van der Waals surface area contributed by atoms with E-state index in [2.05, 4.69) is 20.5 Å². The number of aromatic nitrogens is 4. The molecule has 1 atom stereocenters. The van der Waals surface area contributed by atoms with Crippen LogP contribution in [0.15, 0.2) is 52.5 Å². The summed E-state index contributed by atoms with van der Waals surface area (Å²) >= 11 is 2.66. The van der Waals surface area contributed by atoms with E-state index in [1.54, 1.807) is 35.8 Å². The zero-order chi connectivity index (χ0) is 24.5. The number of hydrogen-bond acceptors (Lipinski definition) is 8. The average Bonchev–Trinajstić information content (AvgIpc) is 3.35. The Bertz CT molecular complexity index is 1440. The van der Waals surface area contributed by atoms with Crippen LogP contribution < -0.4 is 5.32 Å². The number of amides is 1. The van der Waals surface area contributed by atoms with Crippen molar-refractivity contribution in [3.63, 3.8) is 0 Å². The van der Waals surface area contributed by atoms with Crippen LogP contribution in [0.4, 0.5) is 5.13 Å². The highest BCUT2D eigenvalue weighted by molar-refractivity contribution is 8.00. The van der Waals surface area contributed by atoms with Crippen LogP contribution in [-0.4, -0.2) is 39.3 Å². The zero-order valence-electron chi connectivity index (χ0n) is 19.3. The Hall–Kier alpha value is -2.76. The molecule has 8 nitrogen and oxygen atoms in total. The van der Waals surface area contributed by atoms with Crippen molar-refractivity contribution in [3.05, 3.63) is 59.4 Å². The maximum atomic E-state index is 12.9. The number of thiazole rings is 1. The van der Waals surface area contributed by atoms with Gasteiger partial charge < -0.3 is 9.88 Å². The molecule has 0 spiro atoms. The van der Waals surface area contributed by atoms with Gasteiger partial charge in [0.15, 0.2) is 20.1 Å². The van der Waals surface area contributed by atoms with Crippen molar-refractivity contribution in [2.45, 2.75) is 55.3 Å². The van der Waals surface area contributed by atoms with E-state index in [-0.39, 0.29) is 16.6 Å². The molecule has 178 valence electrons. The Morgan fingerprint density at radius 2 is 1.82 bits per heavy atom. The molecule has 0 aliphatic rings. The molecule has 0 bridgehead atoms. The highest BCUT2D eigenvalue weighted by Gasteiger charge is 2.24. The van der Waals surface area contributed by atoms with E-state index in [0.717, 1.165) is 21.3 Å². The maximum Gasteiger partial charge on any atom is 0.239 e. The van der Waals surface area contributed by atoms with Gasteiger partial charge in [0.1, 0.15) is 11.6 Å². The number of aryl methyl sites for hydroxylation is 2. The molecule has 1 N–H and O–H groups in total. The Labute approximate surface area is 206 Å². The number of sulfone groups is 1. The third-order valence-electron chi connectivity index (χ3n) is 5.23. The van der Waals surface area contributed by atoms with Crippen molar-refractivity contribution in [2.75, 3.05) is 5.32 Å². The van der Waals surface area contributed by atoms with Gasteiger partial charge in [-0.05, 0) is 57.5 Å². The molecule has 2 aromatic carbocycles. The largest absolute Gasteiger partial charge is 0.305 e. The minimum absolute atomic E-state index is 0.208. The molecule has 1 unspecified atom stereocenters. The summed E-state index contributed by atoms with van der Waals surface area (Å²) in [5.41, 5.74) is 2.97. The van der Waals surface area contributed by atoms with Gasteiger partial charge in [0, 0.05) is 6.54 Å². The van der Waals surface area contributed by atoms with Crippen molar-refractivity contribution in [1.29, 1.82) is 0 Å². The van der Waals surface area contributed by atoms with Gasteiger partial charge in [0.05, 0.1) is 20.4 Å². The van der Waals surface area contributed by atoms with E-state index >= 15 is 0 Å². The number of benzene rings is 2. The third-order valence-corrected chi connectivity index (χ3v) is 8.88. The van der Waals surface area contributed by atoms with Gasteiger partial charge in [-0.3, -0.25) is 4.79 Å². The quantitative estimate of drug-likeness (QED) is 0.341. The van der Waals surface area contributed by atoms with Crippen LogP contribution in [-0.2, 0) is 26.9 Å². The minimum atomic E-state index is -3.57. The Morgan fingerprint density at radius 1 is 1.12 bits per heavy atom. The number of nitrogens with one attached hydrogen (secondary N) is 1. The molecule has 34 heavy (non-hydrogen) atoms. The first-order chi connectivity index (χ1) is 16.2. The van der Waals surface area contributed by atoms with Crippen molar-refractivity contribution in [2.24, 2.45) is 0 Å². The predicted octanol–water partition coefficient (Wildman–Crippen LogP) is 4.62. The van der Waals surface area contributed by atoms with Gasteiger partial charge >= 0.3 is 0 Å². The zero-order valence-corrected chi connectivity index (χ0v) is 21.7. The fourth-order valence-corrected chi connectivity index (χ4v) is 6.50. The molecule has 2 aromatic heterocycles. The molecule has 0 radical (unpaired) electrons. The second-order valence-electron chi connectivity index (χ2n) is 7.95. The van der Waals surface area contributed by atoms with E-state index in [1.807, 2.05) is 39.0 Å². The Morgan fingerprint density at radius 3 is 2.53 bits per heavy atom. The minimum Gasteiger partial charge on any atom is -0.305 e. The van der Waals surface area contributed by atoms with Crippen molar-refractivity contribution in [3.8, 4) is 0 Å². The smallest absolute Gasteiger partial charge is 0.239 e. The first kappa shape index (κ1) is 24.4. The van der Waals surface area contributed by atoms with Gasteiger partial charge in [0.2, 0.25) is 5.91 Å². The third kappa shape index (κ3) is 5.31. The van der Waals surface area contributed by atoms with Crippen LogP contribution in [0.1, 0.15) is 30.8 Å². The van der Waals surface area contributed by atoms with E-state index in [9.17, 15) is 13.2 Å². The van der Waals surface area contributed by atoms with Crippen LogP contribution in [0.5, 0.6) is 0 Å². The molecule has 0 aliphatic heterocycles. The second-order valence-corrected chi connectivity index (χ2v) is 12.3. The highest BCUT2D eigenvalue weighted by Crippen LogP contribution is 2.29. The first-order valence-corrected chi connectivity index (χ1v) is 14.1. The monoisotopic (exact) mass is 515 g/mol. The maximum absolute atomic E-state index is 12.9. The summed E-state index contributed by atoms with van der Waals surface area (Å²) in [6.07, 6.45) is 0. The fraction of sp³-hybridized carbons (Fsp3) is 0.304. The van der Waals surface area contributed by atoms with E-state index in [0.29, 0.717) is 22.7 Å². The number of thioether (sulfide) groups is 1. The van der Waals surface area contributed by atoms with Crippen LogP contribution in [0.2, 0.25) is 0 Å². The van der Waals surface area contributed by atoms with Gasteiger partial charge in [-0.2, -0.15) is 0 Å². The molecular weight excluding hydrogens is 490 g/mol. The lowest BCUT2D eigenvalue weighted by Crippen LogP contribution is -2.23. The van der Waals surface area contributed by atoms with Crippen molar-refractivity contribution in [1.82, 2.24) is 19.7 Å². The first-order valence-electron chi connectivity index (χ1n) is 10.7. The molecule has 11 heteroatoms. The Balaban J connectivity index is 1.46. The summed E-state index contributed by atoms with van der Waals surface area (Å²) in [6.45, 7) is 8.07. The highest BCUT2D eigenvalue weighted by atomic mass is 32.2. The van der Waals surface area contributed by atoms with E-state index in [1.165, 1.54) is 23.1 Å². The van der Waals surface area contributed by atoms with Crippen LogP contribution in [0, 0.1) is 13.8 Å². The van der Waals surface area contributed by atoms with Gasteiger partial charge in [0.25, 0.3) is 0 Å². The lowest BCUT2D eigenvalue weighted by atomic mass is 10.2. The topological polar surface area (TPSA) is 107 Å². The molecule has 1 amide bonds. The molecule has 2 heterocycles. The number of carbonyl (C=O) groups is 1. The van der Waals surface area contributed by atoms with Crippen molar-refractivity contribution >= 4 is 54.2 Å². The van der Waals surface area contributed by atoms with Crippen LogP contribution in [0.3, 0.4) is 0 Å². The SMILES string of the molecule is CCn1c(CS(=O)(=O)c2ccc(C)cc2)nnc1SC(C)C(=O)Nc1nc2ccc(C)cc2s1. The predicted molar refractivity (Wildman–Crippen MR) is 136 cm³/mol. The van der Waals surface area contributed by atoms with Gasteiger partial charge in [-0.1, -0.05) is 46.9 Å². The lowest BCUT2D eigenvalue weighted by Gasteiger charge is -2.12. The van der Waals surface area contributed by atoms with Crippen LogP contribution >= 0.6 is 23.1 Å². The summed E-state index contributed by atoms with van der Waals surface area (Å²) in [5.74, 6) is -0.122. The molecule has 4 aromatic rings. The summed E-state index contributed by atoms with van der Waals surface area (Å²) < 4.78 is 28.5. The summed E-state index contributed by atoms with van der Waals surface area (Å²) in [4.78, 5) is 17.5. The number of nitrogens with zero attached hydrogens (tertiary/aromatic N) is 4. The summed E-state index contributed by atoms with van der Waals surface area (Å²) in [5, 5.41) is 11.7. The van der Waals surface area contributed by atoms with E-state index in [4.69, 9.17) is 0 Å². The molecular formula is C23H25N5O3S3. The molecule has 0 saturated carbocycles. The van der Waals surface area contributed by atoms with Gasteiger partial charge in [-0.25, -0.2) is 13.4 Å². The standard InChI is InChI=1S/C23H25N5O3S3/c1-5-28-20(13-34(30,31)17-9-6-14(2)7-10-17)26-27-23(28)32-16(4)21(29)25-22-24-18-11-8-15(3)12-19(18)33-22/h6-12,16H,5,13H2,1-4H3,(H,24,25,29). The summed E-state index contributed by atoms with van der Waals surface area (Å²) in [6, 6.07) is 12.7. The van der Waals surface area contributed by atoms with E-state index < -0.39 is 15.1 Å². The van der Waals surface area contributed by atoms with Crippen LogP contribution in [0.25, 0.3) is 10.2 Å². The second kappa shape index (κ2) is 9.85. The van der Waals surface area contributed by atoms with Gasteiger partial charge in [-0.15, -0.1) is 10.2 Å². The molecule has 0 saturated heterocycles. The number of hydrogen-bond donors (Lipinski definition) is 1. The number of fused-ring (bicyclic) bond motifs is 1. The Kier molecular flexibility index (Phi) is 7.06. The van der Waals surface area contributed by atoms with Crippen molar-refractivity contribution < 1.29 is 13.2 Å². The molecule has 4 rings (SSSR count). The number of anilines is 1. The number of rotatable bonds is 8. The normalized spacial score (nSPS) is 12.7. The average molecular weight is 516 g/mol. The number of carbonyl (C=O) groups excluding carboxylic acids is 1.